The average Bonchev–Trinajstić information content (AvgIpc) is 3.63. The molecule has 11 rings (SSSR count). The minimum absolute atomic E-state index is 0.813. The van der Waals surface area contributed by atoms with Gasteiger partial charge in [-0.3, -0.25) is 9.80 Å². The van der Waals surface area contributed by atoms with Crippen molar-refractivity contribution in [1.29, 1.82) is 0 Å². The third-order valence-electron chi connectivity index (χ3n) is 16.6. The summed E-state index contributed by atoms with van der Waals surface area (Å²) in [5.41, 5.74) is 3.40. The van der Waals surface area contributed by atoms with Crippen LogP contribution in [0.1, 0.15) is 151 Å². The Kier molecular flexibility index (Phi) is 7.52. The van der Waals surface area contributed by atoms with E-state index in [4.69, 9.17) is 0 Å². The van der Waals surface area contributed by atoms with E-state index in [9.17, 15) is 0 Å². The third kappa shape index (κ3) is 4.49. The molecule has 16 atom stereocenters. The SMILES string of the molecule is c1cc(C2CCC3C(C2)C2CCCC4SC5CCCCC5N3C42)ccc1C1CCC2C(C1)C1CCCC3SC4CCCCC4N2C31. The number of nitrogens with zero attached hydrogens (tertiary/aromatic N) is 2. The summed E-state index contributed by atoms with van der Waals surface area (Å²) in [6.45, 7) is 0. The van der Waals surface area contributed by atoms with Gasteiger partial charge in [0.05, 0.1) is 0 Å². The van der Waals surface area contributed by atoms with Crippen molar-refractivity contribution in [3.63, 3.8) is 0 Å². The zero-order valence-electron chi connectivity index (χ0n) is 28.4. The highest BCUT2D eigenvalue weighted by molar-refractivity contribution is 8.00. The fourth-order valence-corrected chi connectivity index (χ4v) is 19.1. The van der Waals surface area contributed by atoms with Gasteiger partial charge in [0.15, 0.2) is 0 Å². The van der Waals surface area contributed by atoms with Gasteiger partial charge in [-0.2, -0.15) is 23.5 Å². The molecule has 0 radical (unpaired) electrons. The largest absolute Gasteiger partial charge is 0.292 e. The number of hydrogen-bond acceptors (Lipinski definition) is 4. The Morgan fingerprint density at radius 2 is 0.826 bits per heavy atom. The van der Waals surface area contributed by atoms with Crippen LogP contribution in [-0.4, -0.2) is 67.1 Å². The van der Waals surface area contributed by atoms with E-state index in [0.29, 0.717) is 0 Å². The first-order chi connectivity index (χ1) is 22.8. The van der Waals surface area contributed by atoms with Crippen LogP contribution in [0.4, 0.5) is 0 Å². The molecule has 4 heterocycles. The quantitative estimate of drug-likeness (QED) is 0.312. The molecule has 16 unspecified atom stereocenters. The first kappa shape index (κ1) is 29.6. The van der Waals surface area contributed by atoms with E-state index in [1.54, 1.807) is 11.1 Å². The molecule has 6 saturated carbocycles. The van der Waals surface area contributed by atoms with Crippen LogP contribution in [-0.2, 0) is 0 Å². The molecule has 4 aliphatic heterocycles. The Balaban J connectivity index is 0.799. The molecule has 6 aliphatic carbocycles. The topological polar surface area (TPSA) is 6.48 Å². The highest BCUT2D eigenvalue weighted by Gasteiger charge is 2.61. The summed E-state index contributed by atoms with van der Waals surface area (Å²) in [7, 11) is 0. The predicted octanol–water partition coefficient (Wildman–Crippen LogP) is 10.0. The lowest BCUT2D eigenvalue weighted by Crippen LogP contribution is -2.59. The van der Waals surface area contributed by atoms with E-state index in [1.807, 2.05) is 0 Å². The summed E-state index contributed by atoms with van der Waals surface area (Å²) in [5.74, 6) is 5.59. The summed E-state index contributed by atoms with van der Waals surface area (Å²) < 4.78 is 0. The Morgan fingerprint density at radius 3 is 1.30 bits per heavy atom. The molecular formula is C42H60N2S2. The van der Waals surface area contributed by atoms with Crippen LogP contribution in [0.5, 0.6) is 0 Å². The second kappa shape index (κ2) is 11.7. The van der Waals surface area contributed by atoms with E-state index >= 15 is 0 Å². The Bertz CT molecular complexity index is 1190. The monoisotopic (exact) mass is 656 g/mol. The fraction of sp³-hybridized carbons (Fsp3) is 0.857. The van der Waals surface area contributed by atoms with Gasteiger partial charge in [0.25, 0.3) is 0 Å². The third-order valence-corrected chi connectivity index (χ3v) is 20.2. The van der Waals surface area contributed by atoms with Crippen molar-refractivity contribution in [2.24, 2.45) is 23.7 Å². The van der Waals surface area contributed by atoms with Gasteiger partial charge in [0.2, 0.25) is 0 Å². The van der Waals surface area contributed by atoms with Crippen LogP contribution in [0, 0.1) is 23.7 Å². The molecule has 0 bridgehead atoms. The van der Waals surface area contributed by atoms with Crippen molar-refractivity contribution >= 4 is 23.5 Å². The lowest BCUT2D eigenvalue weighted by atomic mass is 9.68. The summed E-state index contributed by atoms with van der Waals surface area (Å²) in [6, 6.07) is 16.1. The first-order valence-electron chi connectivity index (χ1n) is 20.8. The van der Waals surface area contributed by atoms with Crippen LogP contribution >= 0.6 is 23.5 Å². The number of thioether (sulfide) groups is 2. The Labute approximate surface area is 288 Å². The van der Waals surface area contributed by atoms with E-state index in [2.05, 4.69) is 57.6 Å². The number of rotatable bonds is 2. The molecule has 1 aromatic carbocycles. The van der Waals surface area contributed by atoms with Crippen molar-refractivity contribution in [2.75, 3.05) is 0 Å². The van der Waals surface area contributed by atoms with Crippen molar-refractivity contribution in [3.05, 3.63) is 35.4 Å². The number of fused-ring (bicyclic) bond motifs is 10. The molecule has 1 aromatic rings. The molecular weight excluding hydrogens is 597 g/mol. The zero-order chi connectivity index (χ0) is 29.9. The van der Waals surface area contributed by atoms with Crippen LogP contribution < -0.4 is 0 Å². The van der Waals surface area contributed by atoms with Gasteiger partial charge in [0, 0.05) is 57.3 Å². The van der Waals surface area contributed by atoms with Gasteiger partial charge < -0.3 is 0 Å². The van der Waals surface area contributed by atoms with Crippen molar-refractivity contribution in [3.8, 4) is 0 Å². The van der Waals surface area contributed by atoms with Gasteiger partial charge in [-0.1, -0.05) is 62.8 Å². The Hall–Kier alpha value is -0.160. The Morgan fingerprint density at radius 1 is 0.391 bits per heavy atom. The normalized spacial score (nSPS) is 52.9. The molecule has 46 heavy (non-hydrogen) atoms. The standard InChI is InChI=1S/C42H60N2S2/c1-3-11-37-35(9-1)43-33-21-19-27(23-31(33)29-7-5-13-39(45-37)41(29)43)25-15-17-26(18-16-25)28-20-22-34-32(24-28)30-8-6-14-40-42(30)44(34)36-10-2-4-12-38(36)46-40/h15-18,27-42H,1-14,19-24H2. The first-order valence-corrected chi connectivity index (χ1v) is 22.6. The minimum atomic E-state index is 0.813. The van der Waals surface area contributed by atoms with E-state index in [-0.39, 0.29) is 0 Å². The van der Waals surface area contributed by atoms with E-state index in [0.717, 1.165) is 92.8 Å². The van der Waals surface area contributed by atoms with Gasteiger partial charge >= 0.3 is 0 Å². The second-order valence-corrected chi connectivity index (χ2v) is 21.3. The molecule has 250 valence electrons. The summed E-state index contributed by atoms with van der Waals surface area (Å²) in [4.78, 5) is 6.49. The minimum Gasteiger partial charge on any atom is -0.292 e. The molecule has 0 spiro atoms. The molecule has 0 amide bonds. The molecule has 10 aliphatic rings. The smallest absolute Gasteiger partial charge is 0.0252 e. The second-order valence-electron chi connectivity index (χ2n) is 18.3. The highest BCUT2D eigenvalue weighted by Crippen LogP contribution is 2.61. The molecule has 0 N–H and O–H groups in total. The number of hydrogen-bond donors (Lipinski definition) is 0. The molecule has 0 aromatic heterocycles. The maximum Gasteiger partial charge on any atom is 0.0252 e. The lowest BCUT2D eigenvalue weighted by Gasteiger charge is -2.53. The van der Waals surface area contributed by atoms with Crippen LogP contribution in [0.2, 0.25) is 0 Å². The van der Waals surface area contributed by atoms with E-state index < -0.39 is 0 Å². The van der Waals surface area contributed by atoms with Gasteiger partial charge in [-0.05, 0) is 137 Å². The van der Waals surface area contributed by atoms with Crippen LogP contribution in [0.3, 0.4) is 0 Å². The summed E-state index contributed by atoms with van der Waals surface area (Å²) in [6.07, 6.45) is 30.0. The van der Waals surface area contributed by atoms with Crippen molar-refractivity contribution in [1.82, 2.24) is 9.80 Å². The van der Waals surface area contributed by atoms with Gasteiger partial charge in [-0.15, -0.1) is 0 Å². The predicted molar refractivity (Wildman–Crippen MR) is 195 cm³/mol. The molecule has 10 fully saturated rings. The maximum atomic E-state index is 3.24. The number of benzene rings is 1. The highest BCUT2D eigenvalue weighted by atomic mass is 32.2. The van der Waals surface area contributed by atoms with Crippen LogP contribution in [0.25, 0.3) is 0 Å². The molecule has 4 saturated heterocycles. The summed E-state index contributed by atoms with van der Waals surface area (Å²) in [5, 5.41) is 3.83. The average molecular weight is 657 g/mol. The molecule has 4 heteroatoms. The molecule has 2 nitrogen and oxygen atoms in total. The zero-order valence-corrected chi connectivity index (χ0v) is 30.0. The summed E-state index contributed by atoms with van der Waals surface area (Å²) >= 11 is 4.96. The lowest BCUT2D eigenvalue weighted by molar-refractivity contribution is 0.0605. The maximum absolute atomic E-state index is 3.24. The van der Waals surface area contributed by atoms with Crippen LogP contribution in [0.15, 0.2) is 24.3 Å². The van der Waals surface area contributed by atoms with Crippen molar-refractivity contribution < 1.29 is 0 Å². The van der Waals surface area contributed by atoms with Crippen molar-refractivity contribution in [2.45, 2.75) is 198 Å². The van der Waals surface area contributed by atoms with Gasteiger partial charge in [-0.25, -0.2) is 0 Å². The fourth-order valence-electron chi connectivity index (χ4n) is 15.1. The van der Waals surface area contributed by atoms with Gasteiger partial charge in [0.1, 0.15) is 0 Å². The van der Waals surface area contributed by atoms with E-state index in [1.165, 1.54) is 128 Å².